The van der Waals surface area contributed by atoms with Crippen molar-refractivity contribution in [2.45, 2.75) is 13.5 Å². The van der Waals surface area contributed by atoms with Crippen LogP contribution in [-0.4, -0.2) is 14.5 Å². The fraction of sp³-hybridized carbons (Fsp3) is 0.0833. The zero-order valence-electron chi connectivity index (χ0n) is 16.6. The van der Waals surface area contributed by atoms with Gasteiger partial charge in [-0.15, -0.1) is 11.3 Å². The normalized spacial score (nSPS) is 11.2. The highest BCUT2D eigenvalue weighted by molar-refractivity contribution is 7.18. The molecule has 0 radical (unpaired) electrons. The molecule has 0 bridgehead atoms. The third kappa shape index (κ3) is 3.42. The summed E-state index contributed by atoms with van der Waals surface area (Å²) >= 11 is 1.71. The lowest BCUT2D eigenvalue weighted by Gasteiger charge is -2.10. The van der Waals surface area contributed by atoms with E-state index in [1.165, 1.54) is 10.3 Å². The maximum Gasteiger partial charge on any atom is 0.208 e. The van der Waals surface area contributed by atoms with E-state index in [0.717, 1.165) is 38.8 Å². The Kier molecular flexibility index (Phi) is 4.48. The summed E-state index contributed by atoms with van der Waals surface area (Å²) in [5.74, 6) is 0.771. The van der Waals surface area contributed by atoms with E-state index in [-0.39, 0.29) is 0 Å². The number of para-hydroxylation sites is 1. The highest BCUT2D eigenvalue weighted by Crippen LogP contribution is 2.28. The Labute approximate surface area is 178 Å². The molecule has 148 valence electrons. The summed E-state index contributed by atoms with van der Waals surface area (Å²) < 4.78 is 3.35. The number of hydrogen-bond acceptors (Lipinski definition) is 5. The summed E-state index contributed by atoms with van der Waals surface area (Å²) in [6.45, 7) is 6.56. The number of imidazole rings is 1. The summed E-state index contributed by atoms with van der Waals surface area (Å²) in [6, 6.07) is 22.5. The van der Waals surface area contributed by atoms with Crippen molar-refractivity contribution in [2.24, 2.45) is 5.73 Å². The Morgan fingerprint density at radius 1 is 1.03 bits per heavy atom. The molecule has 3 N–H and O–H groups in total. The predicted molar refractivity (Wildman–Crippen MR) is 126 cm³/mol. The van der Waals surface area contributed by atoms with Gasteiger partial charge in [-0.3, -0.25) is 0 Å². The van der Waals surface area contributed by atoms with Crippen LogP contribution in [0.25, 0.3) is 26.9 Å². The van der Waals surface area contributed by atoms with Gasteiger partial charge < -0.3 is 15.6 Å². The van der Waals surface area contributed by atoms with Crippen molar-refractivity contribution in [3.63, 3.8) is 0 Å². The quantitative estimate of drug-likeness (QED) is 0.391. The number of thiazole rings is 1. The van der Waals surface area contributed by atoms with Crippen LogP contribution in [0.3, 0.4) is 0 Å². The largest absolute Gasteiger partial charge is 0.399 e. The van der Waals surface area contributed by atoms with Crippen LogP contribution < -0.4 is 11.1 Å². The lowest BCUT2D eigenvalue weighted by Crippen LogP contribution is -2.05. The number of rotatable bonds is 5. The van der Waals surface area contributed by atoms with Gasteiger partial charge >= 0.3 is 0 Å². The molecule has 6 heteroatoms. The average molecular weight is 412 g/mol. The second-order valence-corrected chi connectivity index (χ2v) is 8.43. The summed E-state index contributed by atoms with van der Waals surface area (Å²) in [5.41, 5.74) is 12.4. The van der Waals surface area contributed by atoms with E-state index in [9.17, 15) is 0 Å². The van der Waals surface area contributed by atoms with Crippen molar-refractivity contribution in [3.05, 3.63) is 89.4 Å². The van der Waals surface area contributed by atoms with Crippen LogP contribution in [-0.2, 0) is 6.54 Å². The minimum absolute atomic E-state index is 0.533. The highest BCUT2D eigenvalue weighted by Gasteiger charge is 2.14. The van der Waals surface area contributed by atoms with E-state index < -0.39 is 0 Å². The van der Waals surface area contributed by atoms with Gasteiger partial charge in [-0.25, -0.2) is 9.97 Å². The number of aryl methyl sites for hydroxylation is 1. The van der Waals surface area contributed by atoms with Crippen LogP contribution in [0.15, 0.2) is 73.3 Å². The van der Waals surface area contributed by atoms with Crippen LogP contribution in [0.5, 0.6) is 0 Å². The Bertz CT molecular complexity index is 1350. The molecule has 0 aliphatic carbocycles. The van der Waals surface area contributed by atoms with Gasteiger partial charge in [-0.05, 0) is 48.9 Å². The number of nitrogens with zero attached hydrogens (tertiary/aromatic N) is 3. The van der Waals surface area contributed by atoms with Crippen molar-refractivity contribution < 1.29 is 0 Å². The van der Waals surface area contributed by atoms with Crippen LogP contribution in [0.1, 0.15) is 16.1 Å². The van der Waals surface area contributed by atoms with Crippen LogP contribution in [0.2, 0.25) is 0 Å². The van der Waals surface area contributed by atoms with Crippen molar-refractivity contribution in [1.29, 1.82) is 0 Å². The van der Waals surface area contributed by atoms with Gasteiger partial charge in [0, 0.05) is 11.4 Å². The summed E-state index contributed by atoms with van der Waals surface area (Å²) in [7, 11) is 0. The Hall–Kier alpha value is -3.64. The smallest absolute Gasteiger partial charge is 0.208 e. The molecule has 0 saturated carbocycles. The fourth-order valence-electron chi connectivity index (χ4n) is 3.47. The molecule has 0 atom stereocenters. The van der Waals surface area contributed by atoms with E-state index in [0.29, 0.717) is 12.2 Å². The summed E-state index contributed by atoms with van der Waals surface area (Å²) in [6.07, 6.45) is 0. The van der Waals surface area contributed by atoms with Crippen LogP contribution >= 0.6 is 11.3 Å². The van der Waals surface area contributed by atoms with Gasteiger partial charge in [-0.1, -0.05) is 42.5 Å². The topological polar surface area (TPSA) is 68.8 Å². The number of benzene rings is 3. The first-order valence-electron chi connectivity index (χ1n) is 9.70. The molecule has 0 spiro atoms. The molecule has 2 heterocycles. The lowest BCUT2D eigenvalue weighted by atomic mass is 10.1. The lowest BCUT2D eigenvalue weighted by molar-refractivity contribution is 0.829. The first-order valence-corrected chi connectivity index (χ1v) is 10.5. The molecule has 3 aromatic carbocycles. The zero-order valence-corrected chi connectivity index (χ0v) is 17.4. The second-order valence-electron chi connectivity index (χ2n) is 7.32. The van der Waals surface area contributed by atoms with Crippen LogP contribution in [0, 0.1) is 6.92 Å². The number of fused-ring (bicyclic) bond motifs is 2. The van der Waals surface area contributed by atoms with E-state index in [2.05, 4.69) is 53.7 Å². The van der Waals surface area contributed by atoms with E-state index in [1.54, 1.807) is 11.3 Å². The van der Waals surface area contributed by atoms with Gasteiger partial charge in [-0.2, -0.15) is 0 Å². The molecule has 0 aliphatic heterocycles. The number of anilines is 2. The summed E-state index contributed by atoms with van der Waals surface area (Å²) in [4.78, 5) is 9.66. The van der Waals surface area contributed by atoms with Gasteiger partial charge in [0.2, 0.25) is 5.95 Å². The van der Waals surface area contributed by atoms with Crippen molar-refractivity contribution in [1.82, 2.24) is 14.5 Å². The third-order valence-corrected chi connectivity index (χ3v) is 6.08. The molecule has 5 aromatic rings. The number of nitrogens with two attached hydrogens (primary N) is 1. The fourth-order valence-corrected chi connectivity index (χ4v) is 4.43. The number of aromatic nitrogens is 3. The summed E-state index contributed by atoms with van der Waals surface area (Å²) in [5, 5.41) is 4.50. The molecule has 0 amide bonds. The first kappa shape index (κ1) is 18.4. The molecule has 2 aromatic heterocycles. The monoisotopic (exact) mass is 411 g/mol. The van der Waals surface area contributed by atoms with Gasteiger partial charge in [0.25, 0.3) is 0 Å². The van der Waals surface area contributed by atoms with Crippen molar-refractivity contribution >= 4 is 49.9 Å². The highest BCUT2D eigenvalue weighted by atomic mass is 32.1. The SMILES string of the molecule is C=C(N)c1ccc2c(c1)nc(Nc1ccc(C)cc1)n2Cc1nc2ccccc2s1. The van der Waals surface area contributed by atoms with Gasteiger partial charge in [0.05, 0.1) is 27.8 Å². The van der Waals surface area contributed by atoms with Gasteiger partial charge in [0.15, 0.2) is 0 Å². The number of nitrogens with one attached hydrogen (secondary N) is 1. The third-order valence-electron chi connectivity index (χ3n) is 5.06. The second kappa shape index (κ2) is 7.31. The number of hydrogen-bond donors (Lipinski definition) is 2. The zero-order chi connectivity index (χ0) is 20.7. The van der Waals surface area contributed by atoms with Crippen molar-refractivity contribution in [2.75, 3.05) is 5.32 Å². The molecule has 5 rings (SSSR count). The molecule has 0 fully saturated rings. The molecule has 30 heavy (non-hydrogen) atoms. The molecule has 5 nitrogen and oxygen atoms in total. The average Bonchev–Trinajstić information content (AvgIpc) is 3.30. The maximum atomic E-state index is 5.90. The molecular weight excluding hydrogens is 390 g/mol. The predicted octanol–water partition coefficient (Wildman–Crippen LogP) is 5.68. The molecule has 0 saturated heterocycles. The van der Waals surface area contributed by atoms with Gasteiger partial charge in [0.1, 0.15) is 5.01 Å². The molecular formula is C24H21N5S. The molecule has 0 aliphatic rings. The Morgan fingerprint density at radius 3 is 2.60 bits per heavy atom. The first-order chi connectivity index (χ1) is 14.6. The standard InChI is InChI=1S/C24H21N5S/c1-15-7-10-18(11-8-15)26-24-28-20-13-17(16(2)25)9-12-21(20)29(24)14-23-27-19-5-3-4-6-22(19)30-23/h3-13H,2,14,25H2,1H3,(H,26,28). The van der Waals surface area contributed by atoms with Crippen LogP contribution in [0.4, 0.5) is 11.6 Å². The van der Waals surface area contributed by atoms with Crippen molar-refractivity contribution in [3.8, 4) is 0 Å². The minimum Gasteiger partial charge on any atom is -0.399 e. The maximum absolute atomic E-state index is 5.90. The Balaban J connectivity index is 1.60. The van der Waals surface area contributed by atoms with E-state index >= 15 is 0 Å². The van der Waals surface area contributed by atoms with E-state index in [1.807, 2.05) is 36.4 Å². The minimum atomic E-state index is 0.533. The van der Waals surface area contributed by atoms with E-state index in [4.69, 9.17) is 15.7 Å². The molecule has 0 unspecified atom stereocenters. The Morgan fingerprint density at radius 2 is 1.83 bits per heavy atom.